The number of benzene rings is 1. The van der Waals surface area contributed by atoms with Crippen molar-refractivity contribution >= 4 is 11.8 Å². The number of amides is 2. The number of nitrogens with two attached hydrogens (primary N) is 1. The predicted octanol–water partition coefficient (Wildman–Crippen LogP) is 1.26. The molecular formula is C18H24N2O3. The van der Waals surface area contributed by atoms with Gasteiger partial charge in [0.05, 0.1) is 12.0 Å². The lowest BCUT2D eigenvalue weighted by atomic mass is 9.62. The maximum absolute atomic E-state index is 13.2. The molecule has 5 nitrogen and oxygen atoms in total. The van der Waals surface area contributed by atoms with Crippen molar-refractivity contribution in [2.45, 2.75) is 50.0 Å². The van der Waals surface area contributed by atoms with E-state index in [9.17, 15) is 14.7 Å². The van der Waals surface area contributed by atoms with Gasteiger partial charge < -0.3 is 15.7 Å². The van der Waals surface area contributed by atoms with Crippen molar-refractivity contribution in [3.63, 3.8) is 0 Å². The minimum atomic E-state index is -1.59. The Morgan fingerprint density at radius 3 is 2.43 bits per heavy atom. The van der Waals surface area contributed by atoms with Gasteiger partial charge in [0.2, 0.25) is 5.91 Å². The Kier molecular flexibility index (Phi) is 3.92. The van der Waals surface area contributed by atoms with E-state index in [0.717, 1.165) is 30.4 Å². The number of nitrogens with zero attached hydrogens (tertiary/aromatic N) is 1. The average Bonchev–Trinajstić information content (AvgIpc) is 2.48. The van der Waals surface area contributed by atoms with Gasteiger partial charge in [-0.15, -0.1) is 0 Å². The number of rotatable bonds is 3. The second kappa shape index (κ2) is 5.64. The first-order valence-corrected chi connectivity index (χ1v) is 8.27. The summed E-state index contributed by atoms with van der Waals surface area (Å²) in [7, 11) is 0. The van der Waals surface area contributed by atoms with E-state index in [0.29, 0.717) is 19.4 Å². The zero-order valence-electron chi connectivity index (χ0n) is 13.5. The van der Waals surface area contributed by atoms with Crippen LogP contribution in [-0.4, -0.2) is 40.5 Å². The summed E-state index contributed by atoms with van der Waals surface area (Å²) in [5, 5.41) is 10.4. The van der Waals surface area contributed by atoms with Gasteiger partial charge in [-0.25, -0.2) is 0 Å². The van der Waals surface area contributed by atoms with Crippen LogP contribution in [0.4, 0.5) is 0 Å². The van der Waals surface area contributed by atoms with Crippen LogP contribution in [0.2, 0.25) is 0 Å². The fourth-order valence-corrected chi connectivity index (χ4v) is 3.95. The third-order valence-corrected chi connectivity index (χ3v) is 5.49. The van der Waals surface area contributed by atoms with Crippen molar-refractivity contribution in [1.29, 1.82) is 0 Å². The van der Waals surface area contributed by atoms with Gasteiger partial charge in [-0.1, -0.05) is 30.7 Å². The van der Waals surface area contributed by atoms with Crippen molar-refractivity contribution < 1.29 is 14.7 Å². The Balaban J connectivity index is 1.89. The lowest BCUT2D eigenvalue weighted by molar-refractivity contribution is -0.154. The molecule has 1 saturated heterocycles. The minimum absolute atomic E-state index is 0.00873. The van der Waals surface area contributed by atoms with Gasteiger partial charge in [0, 0.05) is 6.54 Å². The second-order valence-electron chi connectivity index (χ2n) is 6.98. The van der Waals surface area contributed by atoms with E-state index in [1.54, 1.807) is 4.90 Å². The highest BCUT2D eigenvalue weighted by Crippen LogP contribution is 2.46. The van der Waals surface area contributed by atoms with E-state index in [1.165, 1.54) is 0 Å². The summed E-state index contributed by atoms with van der Waals surface area (Å²) in [4.78, 5) is 26.4. The van der Waals surface area contributed by atoms with Crippen molar-refractivity contribution in [1.82, 2.24) is 4.90 Å². The third-order valence-electron chi connectivity index (χ3n) is 5.49. The van der Waals surface area contributed by atoms with E-state index in [-0.39, 0.29) is 12.5 Å². The molecule has 1 aromatic rings. The van der Waals surface area contributed by atoms with Gasteiger partial charge in [0.15, 0.2) is 5.60 Å². The second-order valence-corrected chi connectivity index (χ2v) is 6.98. The van der Waals surface area contributed by atoms with Crippen LogP contribution in [0.25, 0.3) is 0 Å². The highest BCUT2D eigenvalue weighted by Gasteiger charge is 2.50. The summed E-state index contributed by atoms with van der Waals surface area (Å²) < 4.78 is 0. The Hall–Kier alpha value is -1.88. The summed E-state index contributed by atoms with van der Waals surface area (Å²) in [6, 6.07) is 7.99. The summed E-state index contributed by atoms with van der Waals surface area (Å²) in [6.45, 7) is 2.61. The monoisotopic (exact) mass is 316 g/mol. The molecule has 0 unspecified atom stereocenters. The van der Waals surface area contributed by atoms with Crippen molar-refractivity contribution in [3.8, 4) is 0 Å². The van der Waals surface area contributed by atoms with E-state index < -0.39 is 16.9 Å². The molecule has 5 heteroatoms. The van der Waals surface area contributed by atoms with Crippen LogP contribution in [0.5, 0.6) is 0 Å². The first kappa shape index (κ1) is 16.0. The summed E-state index contributed by atoms with van der Waals surface area (Å²) in [5.74, 6) is -0.717. The lowest BCUT2D eigenvalue weighted by Crippen LogP contribution is -2.61. The largest absolute Gasteiger partial charge is 0.378 e. The molecule has 1 heterocycles. The molecule has 2 fully saturated rings. The standard InChI is InChI=1S/C18H24N2O3/c1-13-6-2-3-7-14(13)17(8-4-9-17)16(22)20-11-5-10-18(23,12-20)15(19)21/h2-3,6-7,23H,4-5,8-12H2,1H3,(H2,19,21)/t18-/m1/s1. The number of primary amides is 1. The van der Waals surface area contributed by atoms with Gasteiger partial charge in [0.25, 0.3) is 5.91 Å². The van der Waals surface area contributed by atoms with Crippen LogP contribution >= 0.6 is 0 Å². The van der Waals surface area contributed by atoms with Gasteiger partial charge in [-0.05, 0) is 43.7 Å². The highest BCUT2D eigenvalue weighted by molar-refractivity contribution is 5.91. The molecule has 3 rings (SSSR count). The topological polar surface area (TPSA) is 83.6 Å². The first-order valence-electron chi connectivity index (χ1n) is 8.27. The van der Waals surface area contributed by atoms with Crippen LogP contribution in [0, 0.1) is 6.92 Å². The minimum Gasteiger partial charge on any atom is -0.378 e. The van der Waals surface area contributed by atoms with Crippen LogP contribution in [-0.2, 0) is 15.0 Å². The summed E-state index contributed by atoms with van der Waals surface area (Å²) >= 11 is 0. The molecule has 0 spiro atoms. The number of aliphatic hydroxyl groups is 1. The number of carbonyl (C=O) groups excluding carboxylic acids is 2. The zero-order valence-corrected chi connectivity index (χ0v) is 13.5. The number of aryl methyl sites for hydroxylation is 1. The van der Waals surface area contributed by atoms with Crippen LogP contribution in [0.3, 0.4) is 0 Å². The normalized spacial score (nSPS) is 26.4. The van der Waals surface area contributed by atoms with Gasteiger partial charge in [0.1, 0.15) is 0 Å². The molecule has 124 valence electrons. The van der Waals surface area contributed by atoms with Gasteiger partial charge in [-0.2, -0.15) is 0 Å². The van der Waals surface area contributed by atoms with E-state index in [4.69, 9.17) is 5.73 Å². The molecule has 0 aromatic heterocycles. The van der Waals surface area contributed by atoms with E-state index in [1.807, 2.05) is 31.2 Å². The molecule has 23 heavy (non-hydrogen) atoms. The molecule has 2 aliphatic rings. The van der Waals surface area contributed by atoms with Crippen molar-refractivity contribution in [2.24, 2.45) is 5.73 Å². The molecule has 1 atom stereocenters. The number of piperidine rings is 1. The first-order chi connectivity index (χ1) is 10.9. The van der Waals surface area contributed by atoms with Gasteiger partial charge in [-0.3, -0.25) is 9.59 Å². The molecule has 3 N–H and O–H groups in total. The molecule has 2 amide bonds. The van der Waals surface area contributed by atoms with Crippen molar-refractivity contribution in [3.05, 3.63) is 35.4 Å². The quantitative estimate of drug-likeness (QED) is 0.880. The van der Waals surface area contributed by atoms with Gasteiger partial charge >= 0.3 is 0 Å². The molecule has 1 aliphatic heterocycles. The van der Waals surface area contributed by atoms with E-state index >= 15 is 0 Å². The molecular weight excluding hydrogens is 292 g/mol. The highest BCUT2D eigenvalue weighted by atomic mass is 16.3. The number of likely N-dealkylation sites (tertiary alicyclic amines) is 1. The smallest absolute Gasteiger partial charge is 0.251 e. The Morgan fingerprint density at radius 1 is 1.17 bits per heavy atom. The molecule has 0 radical (unpaired) electrons. The number of carbonyl (C=O) groups is 2. The Labute approximate surface area is 136 Å². The average molecular weight is 316 g/mol. The summed E-state index contributed by atoms with van der Waals surface area (Å²) in [6.07, 6.45) is 3.58. The maximum atomic E-state index is 13.2. The van der Waals surface area contributed by atoms with E-state index in [2.05, 4.69) is 0 Å². The molecule has 1 aliphatic carbocycles. The van der Waals surface area contributed by atoms with Crippen LogP contribution in [0.1, 0.15) is 43.2 Å². The maximum Gasteiger partial charge on any atom is 0.251 e. The third kappa shape index (κ3) is 2.53. The van der Waals surface area contributed by atoms with Crippen LogP contribution < -0.4 is 5.73 Å². The fraction of sp³-hybridized carbons (Fsp3) is 0.556. The van der Waals surface area contributed by atoms with Crippen molar-refractivity contribution in [2.75, 3.05) is 13.1 Å². The molecule has 1 aromatic carbocycles. The lowest BCUT2D eigenvalue weighted by Gasteiger charge is -2.47. The Bertz CT molecular complexity index is 639. The fourth-order valence-electron chi connectivity index (χ4n) is 3.95. The summed E-state index contributed by atoms with van der Waals surface area (Å²) in [5.41, 5.74) is 5.42. The predicted molar refractivity (Wildman–Crippen MR) is 86.7 cm³/mol. The number of β-amino-alcohol motifs (C(OH)–C–C–N with tert-alkyl or cyclic N) is 1. The number of hydrogen-bond acceptors (Lipinski definition) is 3. The molecule has 0 bridgehead atoms. The zero-order chi connectivity index (χ0) is 16.7. The SMILES string of the molecule is Cc1ccccc1C1(C(=O)N2CCC[C@](O)(C(N)=O)C2)CCC1. The Morgan fingerprint density at radius 2 is 1.87 bits per heavy atom. The van der Waals surface area contributed by atoms with Crippen LogP contribution in [0.15, 0.2) is 24.3 Å². The number of hydrogen-bond donors (Lipinski definition) is 2. The molecule has 1 saturated carbocycles.